The van der Waals surface area contributed by atoms with Crippen LogP contribution in [-0.2, 0) is 0 Å². The second kappa shape index (κ2) is 6.23. The molecule has 2 rings (SSSR count). The zero-order chi connectivity index (χ0) is 14.7. The van der Waals surface area contributed by atoms with Gasteiger partial charge in [0.05, 0.1) is 5.38 Å². The van der Waals surface area contributed by atoms with E-state index in [2.05, 4.69) is 5.32 Å². The smallest absolute Gasteiger partial charge is 0.251 e. The van der Waals surface area contributed by atoms with Gasteiger partial charge >= 0.3 is 0 Å². The number of hydrogen-bond donors (Lipinski definition) is 1. The molecule has 20 heavy (non-hydrogen) atoms. The first-order valence-corrected chi connectivity index (χ1v) is 7.04. The molecule has 0 heterocycles. The molecule has 4 heteroatoms. The lowest BCUT2D eigenvalue weighted by Crippen LogP contribution is -2.32. The molecule has 1 N–H and O–H groups in total. The molecule has 0 aliphatic carbocycles. The largest absolute Gasteiger partial charge is 0.351 e. The van der Waals surface area contributed by atoms with E-state index < -0.39 is 0 Å². The zero-order valence-electron chi connectivity index (χ0n) is 11.5. The van der Waals surface area contributed by atoms with Crippen LogP contribution in [0, 0.1) is 11.7 Å². The first-order chi connectivity index (χ1) is 9.50. The number of rotatable bonds is 4. The first kappa shape index (κ1) is 14.8. The van der Waals surface area contributed by atoms with Crippen molar-refractivity contribution in [3.8, 4) is 0 Å². The third-order valence-electron chi connectivity index (χ3n) is 3.30. The Balaban J connectivity index is 2.25. The van der Waals surface area contributed by atoms with Crippen LogP contribution in [0.3, 0.4) is 0 Å². The summed E-state index contributed by atoms with van der Waals surface area (Å²) >= 11 is 6.12. The molecule has 0 bridgehead atoms. The SMILES string of the molecule is CC(C)C(Cl)CNC(=O)c1ccc(F)c2ccccc12. The number of alkyl halides is 1. The number of halogens is 2. The molecule has 0 aliphatic heterocycles. The number of amides is 1. The van der Waals surface area contributed by atoms with Crippen LogP contribution >= 0.6 is 11.6 Å². The molecule has 0 radical (unpaired) electrons. The van der Waals surface area contributed by atoms with Crippen LogP contribution in [0.5, 0.6) is 0 Å². The molecule has 0 saturated carbocycles. The van der Waals surface area contributed by atoms with Gasteiger partial charge in [0.1, 0.15) is 5.82 Å². The molecule has 0 aromatic heterocycles. The number of hydrogen-bond acceptors (Lipinski definition) is 1. The quantitative estimate of drug-likeness (QED) is 0.849. The van der Waals surface area contributed by atoms with E-state index >= 15 is 0 Å². The number of fused-ring (bicyclic) bond motifs is 1. The zero-order valence-corrected chi connectivity index (χ0v) is 12.2. The Morgan fingerprint density at radius 3 is 2.50 bits per heavy atom. The maximum absolute atomic E-state index is 13.7. The molecule has 0 aliphatic rings. The van der Waals surface area contributed by atoms with Crippen molar-refractivity contribution in [2.24, 2.45) is 5.92 Å². The summed E-state index contributed by atoms with van der Waals surface area (Å²) in [6, 6.07) is 9.77. The Bertz CT molecular complexity index is 627. The van der Waals surface area contributed by atoms with Crippen LogP contribution in [0.15, 0.2) is 36.4 Å². The maximum Gasteiger partial charge on any atom is 0.251 e. The van der Waals surface area contributed by atoms with Crippen LogP contribution in [0.2, 0.25) is 0 Å². The average Bonchev–Trinajstić information content (AvgIpc) is 2.45. The summed E-state index contributed by atoms with van der Waals surface area (Å²) in [5.74, 6) is -0.274. The molecule has 2 nitrogen and oxygen atoms in total. The fourth-order valence-corrected chi connectivity index (χ4v) is 2.06. The fraction of sp³-hybridized carbons (Fsp3) is 0.312. The Kier molecular flexibility index (Phi) is 4.61. The predicted octanol–water partition coefficient (Wildman–Crippen LogP) is 3.97. The van der Waals surface area contributed by atoms with Crippen LogP contribution in [0.4, 0.5) is 4.39 Å². The van der Waals surface area contributed by atoms with Gasteiger partial charge in [-0.15, -0.1) is 11.6 Å². The Hall–Kier alpha value is -1.61. The molecule has 1 atom stereocenters. The summed E-state index contributed by atoms with van der Waals surface area (Å²) in [5.41, 5.74) is 0.467. The maximum atomic E-state index is 13.7. The summed E-state index contributed by atoms with van der Waals surface area (Å²) in [5, 5.41) is 3.74. The molecule has 2 aromatic carbocycles. The number of benzene rings is 2. The molecule has 106 valence electrons. The third kappa shape index (κ3) is 3.10. The molecule has 1 amide bonds. The van der Waals surface area contributed by atoms with E-state index in [0.29, 0.717) is 22.9 Å². The number of nitrogens with one attached hydrogen (secondary N) is 1. The van der Waals surface area contributed by atoms with Gasteiger partial charge in [0.25, 0.3) is 5.91 Å². The van der Waals surface area contributed by atoms with Gasteiger partial charge in [0, 0.05) is 17.5 Å². The van der Waals surface area contributed by atoms with E-state index in [-0.39, 0.29) is 23.0 Å². The summed E-state index contributed by atoms with van der Waals surface area (Å²) in [4.78, 5) is 12.2. The van der Waals surface area contributed by atoms with Gasteiger partial charge in [0.15, 0.2) is 0 Å². The average molecular weight is 294 g/mol. The van der Waals surface area contributed by atoms with Gasteiger partial charge in [0.2, 0.25) is 0 Å². The van der Waals surface area contributed by atoms with E-state index in [9.17, 15) is 9.18 Å². The first-order valence-electron chi connectivity index (χ1n) is 6.60. The van der Waals surface area contributed by atoms with Crippen molar-refractivity contribution in [2.75, 3.05) is 6.54 Å². The van der Waals surface area contributed by atoms with Crippen molar-refractivity contribution < 1.29 is 9.18 Å². The molecule has 0 saturated heterocycles. The highest BCUT2D eigenvalue weighted by Gasteiger charge is 2.15. The summed E-state index contributed by atoms with van der Waals surface area (Å²) in [6.07, 6.45) is 0. The Morgan fingerprint density at radius 1 is 1.20 bits per heavy atom. The predicted molar refractivity (Wildman–Crippen MR) is 80.7 cm³/mol. The molecule has 0 spiro atoms. The van der Waals surface area contributed by atoms with E-state index in [0.717, 1.165) is 0 Å². The van der Waals surface area contributed by atoms with Crippen molar-refractivity contribution in [3.05, 3.63) is 47.8 Å². The van der Waals surface area contributed by atoms with Crippen molar-refractivity contribution in [1.29, 1.82) is 0 Å². The van der Waals surface area contributed by atoms with E-state index in [4.69, 9.17) is 11.6 Å². The molecule has 2 aromatic rings. The van der Waals surface area contributed by atoms with Crippen molar-refractivity contribution in [1.82, 2.24) is 5.32 Å². The minimum atomic E-state index is -0.324. The monoisotopic (exact) mass is 293 g/mol. The van der Waals surface area contributed by atoms with Crippen molar-refractivity contribution in [2.45, 2.75) is 19.2 Å². The highest BCUT2D eigenvalue weighted by molar-refractivity contribution is 6.21. The summed E-state index contributed by atoms with van der Waals surface area (Å²) in [6.45, 7) is 4.39. The topological polar surface area (TPSA) is 29.1 Å². The van der Waals surface area contributed by atoms with Gasteiger partial charge in [-0.1, -0.05) is 38.1 Å². The van der Waals surface area contributed by atoms with Crippen LogP contribution in [0.1, 0.15) is 24.2 Å². The lowest BCUT2D eigenvalue weighted by atomic mass is 10.0. The van der Waals surface area contributed by atoms with Crippen LogP contribution in [0.25, 0.3) is 10.8 Å². The van der Waals surface area contributed by atoms with Crippen LogP contribution in [-0.4, -0.2) is 17.8 Å². The van der Waals surface area contributed by atoms with E-state index in [1.807, 2.05) is 13.8 Å². The van der Waals surface area contributed by atoms with Crippen molar-refractivity contribution >= 4 is 28.3 Å². The minimum absolute atomic E-state index is 0.120. The minimum Gasteiger partial charge on any atom is -0.351 e. The van der Waals surface area contributed by atoms with Gasteiger partial charge in [-0.2, -0.15) is 0 Å². The normalized spacial score (nSPS) is 12.7. The van der Waals surface area contributed by atoms with E-state index in [1.165, 1.54) is 12.1 Å². The highest BCUT2D eigenvalue weighted by Crippen LogP contribution is 2.21. The second-order valence-electron chi connectivity index (χ2n) is 5.11. The molecular formula is C16H17ClFNO. The summed E-state index contributed by atoms with van der Waals surface area (Å²) in [7, 11) is 0. The Morgan fingerprint density at radius 2 is 1.85 bits per heavy atom. The standard InChI is InChI=1S/C16H17ClFNO/c1-10(2)14(17)9-19-16(20)13-7-8-15(18)12-6-4-3-5-11(12)13/h3-8,10,14H,9H2,1-2H3,(H,19,20). The molecule has 0 fully saturated rings. The number of carbonyl (C=O) groups excluding carboxylic acids is 1. The summed E-state index contributed by atoms with van der Waals surface area (Å²) < 4.78 is 13.7. The van der Waals surface area contributed by atoms with Gasteiger partial charge in [-0.25, -0.2) is 4.39 Å². The molecule has 1 unspecified atom stereocenters. The highest BCUT2D eigenvalue weighted by atomic mass is 35.5. The molecular weight excluding hydrogens is 277 g/mol. The van der Waals surface area contributed by atoms with Gasteiger partial charge in [-0.3, -0.25) is 4.79 Å². The number of carbonyl (C=O) groups is 1. The Labute approximate surface area is 122 Å². The second-order valence-corrected chi connectivity index (χ2v) is 5.67. The van der Waals surface area contributed by atoms with E-state index in [1.54, 1.807) is 24.3 Å². The van der Waals surface area contributed by atoms with Gasteiger partial charge in [-0.05, 0) is 23.4 Å². The van der Waals surface area contributed by atoms with Crippen molar-refractivity contribution in [3.63, 3.8) is 0 Å². The fourth-order valence-electron chi connectivity index (χ4n) is 1.98. The third-order valence-corrected chi connectivity index (χ3v) is 3.95. The van der Waals surface area contributed by atoms with Crippen LogP contribution < -0.4 is 5.32 Å². The van der Waals surface area contributed by atoms with Gasteiger partial charge < -0.3 is 5.32 Å². The lowest BCUT2D eigenvalue weighted by molar-refractivity contribution is 0.0954. The lowest BCUT2D eigenvalue weighted by Gasteiger charge is -2.14.